The van der Waals surface area contributed by atoms with Crippen molar-refractivity contribution in [2.75, 3.05) is 5.73 Å². The zero-order chi connectivity index (χ0) is 13.3. The van der Waals surface area contributed by atoms with E-state index in [0.29, 0.717) is 10.6 Å². The lowest BCUT2D eigenvalue weighted by Gasteiger charge is -2.07. The van der Waals surface area contributed by atoms with Crippen LogP contribution in [-0.2, 0) is 0 Å². The van der Waals surface area contributed by atoms with Crippen LogP contribution in [-0.4, -0.2) is 11.9 Å². The number of carbonyl (C=O) groups excluding carboxylic acids is 1. The number of nitrogen functional groups attached to an aromatic ring is 1. The molecule has 0 fully saturated rings. The third-order valence-electron chi connectivity index (χ3n) is 2.61. The van der Waals surface area contributed by atoms with E-state index in [1.54, 1.807) is 6.08 Å². The molecule has 1 heterocycles. The van der Waals surface area contributed by atoms with Crippen molar-refractivity contribution in [3.63, 3.8) is 0 Å². The highest BCUT2D eigenvalue weighted by molar-refractivity contribution is 9.10. The van der Waals surface area contributed by atoms with Crippen molar-refractivity contribution >= 4 is 48.9 Å². The van der Waals surface area contributed by atoms with E-state index in [0.717, 1.165) is 14.6 Å². The fourth-order valence-electron chi connectivity index (χ4n) is 1.59. The van der Waals surface area contributed by atoms with Gasteiger partial charge in [0.15, 0.2) is 0 Å². The quantitative estimate of drug-likeness (QED) is 0.848. The van der Waals surface area contributed by atoms with Crippen molar-refractivity contribution in [1.82, 2.24) is 5.32 Å². The second kappa shape index (κ2) is 5.12. The van der Waals surface area contributed by atoms with Gasteiger partial charge in [0.2, 0.25) is 0 Å². The van der Waals surface area contributed by atoms with E-state index >= 15 is 0 Å². The Bertz CT molecular complexity index is 621. The minimum Gasteiger partial charge on any atom is -0.397 e. The number of amides is 1. The van der Waals surface area contributed by atoms with Crippen molar-refractivity contribution in [3.8, 4) is 0 Å². The van der Waals surface area contributed by atoms with Gasteiger partial charge in [-0.15, -0.1) is 17.9 Å². The Kier molecular flexibility index (Phi) is 3.73. The number of hydrogen-bond donors (Lipinski definition) is 2. The van der Waals surface area contributed by atoms with E-state index in [1.807, 2.05) is 25.1 Å². The molecule has 0 aliphatic rings. The van der Waals surface area contributed by atoms with Gasteiger partial charge in [-0.05, 0) is 25.1 Å². The average Bonchev–Trinajstić information content (AvgIpc) is 2.66. The molecule has 3 N–H and O–H groups in total. The molecule has 2 aromatic rings. The third kappa shape index (κ3) is 2.42. The van der Waals surface area contributed by atoms with Crippen LogP contribution in [0.25, 0.3) is 10.1 Å². The molecule has 1 atom stereocenters. The molecule has 3 nitrogen and oxygen atoms in total. The predicted octanol–water partition coefficient (Wildman–Crippen LogP) is 3.55. The first kappa shape index (κ1) is 13.1. The lowest BCUT2D eigenvalue weighted by atomic mass is 10.2. The number of fused-ring (bicyclic) bond motifs is 1. The fraction of sp³-hybridized carbons (Fsp3) is 0.154. The van der Waals surface area contributed by atoms with Gasteiger partial charge < -0.3 is 11.1 Å². The summed E-state index contributed by atoms with van der Waals surface area (Å²) in [6.45, 7) is 5.50. The molecule has 0 spiro atoms. The van der Waals surface area contributed by atoms with Gasteiger partial charge in [-0.3, -0.25) is 4.79 Å². The molecular weight excluding hydrogens is 312 g/mol. The summed E-state index contributed by atoms with van der Waals surface area (Å²) < 4.78 is 1.96. The van der Waals surface area contributed by atoms with Gasteiger partial charge in [-0.2, -0.15) is 0 Å². The van der Waals surface area contributed by atoms with Crippen LogP contribution < -0.4 is 11.1 Å². The summed E-state index contributed by atoms with van der Waals surface area (Å²) in [5.74, 6) is -0.155. The van der Waals surface area contributed by atoms with Gasteiger partial charge in [0.25, 0.3) is 5.91 Å². The number of benzene rings is 1. The van der Waals surface area contributed by atoms with Crippen molar-refractivity contribution < 1.29 is 4.79 Å². The van der Waals surface area contributed by atoms with E-state index in [2.05, 4.69) is 27.8 Å². The second-order valence-electron chi connectivity index (χ2n) is 3.98. The molecule has 94 valence electrons. The number of carbonyl (C=O) groups is 1. The van der Waals surface area contributed by atoms with Crippen molar-refractivity contribution in [2.24, 2.45) is 0 Å². The van der Waals surface area contributed by atoms with Crippen molar-refractivity contribution in [3.05, 3.63) is 40.2 Å². The molecule has 2 rings (SSSR count). The highest BCUT2D eigenvalue weighted by Gasteiger charge is 2.17. The van der Waals surface area contributed by atoms with E-state index < -0.39 is 0 Å². The van der Waals surface area contributed by atoms with Gasteiger partial charge in [0.1, 0.15) is 4.88 Å². The zero-order valence-corrected chi connectivity index (χ0v) is 12.3. The number of halogens is 1. The van der Waals surface area contributed by atoms with Crippen molar-refractivity contribution in [1.29, 1.82) is 0 Å². The standard InChI is InChI=1S/C13H13BrN2OS/c1-3-7(2)16-13(17)12-11(15)9-6-8(14)4-5-10(9)18-12/h3-7H,1,15H2,2H3,(H,16,17). The highest BCUT2D eigenvalue weighted by atomic mass is 79.9. The van der Waals surface area contributed by atoms with Crippen LogP contribution in [0, 0.1) is 0 Å². The largest absolute Gasteiger partial charge is 0.397 e. The van der Waals surface area contributed by atoms with Gasteiger partial charge in [-0.25, -0.2) is 0 Å². The van der Waals surface area contributed by atoms with Gasteiger partial charge in [-0.1, -0.05) is 22.0 Å². The minimum absolute atomic E-state index is 0.0751. The normalized spacial score (nSPS) is 12.3. The molecule has 0 bridgehead atoms. The number of rotatable bonds is 3. The molecule has 1 aromatic heterocycles. The summed E-state index contributed by atoms with van der Waals surface area (Å²) in [7, 11) is 0. The number of nitrogens with one attached hydrogen (secondary N) is 1. The first-order chi connectivity index (χ1) is 8.52. The topological polar surface area (TPSA) is 55.1 Å². The summed E-state index contributed by atoms with van der Waals surface area (Å²) >= 11 is 4.80. The monoisotopic (exact) mass is 324 g/mol. The van der Waals surface area contributed by atoms with Crippen LogP contribution in [0.5, 0.6) is 0 Å². The molecule has 0 aliphatic carbocycles. The Morgan fingerprint density at radius 1 is 1.61 bits per heavy atom. The maximum atomic E-state index is 12.0. The summed E-state index contributed by atoms with van der Waals surface area (Å²) in [5, 5.41) is 3.73. The third-order valence-corrected chi connectivity index (χ3v) is 4.29. The van der Waals surface area contributed by atoms with Crippen LogP contribution in [0.2, 0.25) is 0 Å². The predicted molar refractivity (Wildman–Crippen MR) is 81.1 cm³/mol. The van der Waals surface area contributed by atoms with Crippen LogP contribution in [0.3, 0.4) is 0 Å². The Hall–Kier alpha value is -1.33. The summed E-state index contributed by atoms with van der Waals surface area (Å²) in [4.78, 5) is 12.6. The number of hydrogen-bond acceptors (Lipinski definition) is 3. The highest BCUT2D eigenvalue weighted by Crippen LogP contribution is 2.35. The van der Waals surface area contributed by atoms with Crippen molar-refractivity contribution in [2.45, 2.75) is 13.0 Å². The summed E-state index contributed by atoms with van der Waals surface area (Å²) in [5.41, 5.74) is 6.56. The molecule has 1 unspecified atom stereocenters. The Labute approximate surface area is 118 Å². The molecule has 0 radical (unpaired) electrons. The van der Waals surface area contributed by atoms with Crippen LogP contribution >= 0.6 is 27.3 Å². The fourth-order valence-corrected chi connectivity index (χ4v) is 2.96. The molecule has 1 aromatic carbocycles. The summed E-state index contributed by atoms with van der Waals surface area (Å²) in [6, 6.07) is 5.74. The molecule has 5 heteroatoms. The maximum Gasteiger partial charge on any atom is 0.263 e. The molecule has 0 saturated heterocycles. The van der Waals surface area contributed by atoms with Crippen LogP contribution in [0.15, 0.2) is 35.3 Å². The SMILES string of the molecule is C=CC(C)NC(=O)c1sc2ccc(Br)cc2c1N. The lowest BCUT2D eigenvalue weighted by Crippen LogP contribution is -2.30. The molecule has 0 aliphatic heterocycles. The zero-order valence-electron chi connectivity index (χ0n) is 9.87. The van der Waals surface area contributed by atoms with Crippen LogP contribution in [0.4, 0.5) is 5.69 Å². The van der Waals surface area contributed by atoms with Gasteiger partial charge in [0.05, 0.1) is 5.69 Å². The van der Waals surface area contributed by atoms with E-state index in [-0.39, 0.29) is 11.9 Å². The van der Waals surface area contributed by atoms with E-state index in [9.17, 15) is 4.79 Å². The number of anilines is 1. The number of thiophene rings is 1. The minimum atomic E-state index is -0.155. The Balaban J connectivity index is 2.42. The maximum absolute atomic E-state index is 12.0. The Morgan fingerprint density at radius 2 is 2.33 bits per heavy atom. The molecule has 0 saturated carbocycles. The lowest BCUT2D eigenvalue weighted by molar-refractivity contribution is 0.0952. The first-order valence-electron chi connectivity index (χ1n) is 5.44. The van der Waals surface area contributed by atoms with Gasteiger partial charge in [0, 0.05) is 20.6 Å². The summed E-state index contributed by atoms with van der Waals surface area (Å²) in [6.07, 6.45) is 1.68. The first-order valence-corrected chi connectivity index (χ1v) is 7.05. The second-order valence-corrected chi connectivity index (χ2v) is 5.95. The average molecular weight is 325 g/mol. The number of nitrogens with two attached hydrogens (primary N) is 1. The molecule has 1 amide bonds. The van der Waals surface area contributed by atoms with E-state index in [4.69, 9.17) is 5.73 Å². The molecule has 18 heavy (non-hydrogen) atoms. The Morgan fingerprint density at radius 3 is 3.00 bits per heavy atom. The smallest absolute Gasteiger partial charge is 0.263 e. The van der Waals surface area contributed by atoms with Gasteiger partial charge >= 0.3 is 0 Å². The van der Waals surface area contributed by atoms with E-state index in [1.165, 1.54) is 11.3 Å². The molecular formula is C13H13BrN2OS. The van der Waals surface area contributed by atoms with Crippen LogP contribution in [0.1, 0.15) is 16.6 Å².